The number of rotatable bonds is 6. The summed E-state index contributed by atoms with van der Waals surface area (Å²) in [7, 11) is -3.93. The van der Waals surface area contributed by atoms with Gasteiger partial charge in [0, 0.05) is 17.0 Å². The molecule has 0 atom stereocenters. The standard InChI is InChI=1S/C20H17ClN4O5S/c1-11-2-5-13(21)8-15(11)24-31(27,28)14-6-7-16-17(9-14)29-20(26)25(16)10-18-22-19(30-23-18)12-3-4-12/h2,5-9,12,24H,3-4,10H2,1H3. The quantitative estimate of drug-likeness (QED) is 0.466. The third-order valence-corrected chi connectivity index (χ3v) is 6.70. The Bertz CT molecular complexity index is 1470. The highest BCUT2D eigenvalue weighted by molar-refractivity contribution is 7.92. The molecule has 5 rings (SSSR count). The summed E-state index contributed by atoms with van der Waals surface area (Å²) in [5, 5.41) is 4.33. The summed E-state index contributed by atoms with van der Waals surface area (Å²) in [5.41, 5.74) is 1.66. The molecule has 2 aromatic heterocycles. The van der Waals surface area contributed by atoms with Crippen molar-refractivity contribution < 1.29 is 17.4 Å². The molecule has 0 unspecified atom stereocenters. The number of hydrogen-bond acceptors (Lipinski definition) is 7. The van der Waals surface area contributed by atoms with Crippen molar-refractivity contribution in [3.8, 4) is 0 Å². The van der Waals surface area contributed by atoms with E-state index >= 15 is 0 Å². The van der Waals surface area contributed by atoms with Crippen LogP contribution in [0.2, 0.25) is 5.02 Å². The fourth-order valence-corrected chi connectivity index (χ4v) is 4.55. The first-order valence-corrected chi connectivity index (χ1v) is 11.4. The van der Waals surface area contributed by atoms with Crippen LogP contribution >= 0.6 is 11.6 Å². The number of aromatic nitrogens is 3. The molecule has 0 amide bonds. The summed E-state index contributed by atoms with van der Waals surface area (Å²) < 4.78 is 40.1. The maximum atomic E-state index is 12.9. The van der Waals surface area contributed by atoms with Crippen molar-refractivity contribution in [2.45, 2.75) is 37.1 Å². The molecule has 0 radical (unpaired) electrons. The molecule has 1 aliphatic carbocycles. The minimum Gasteiger partial charge on any atom is -0.408 e. The number of anilines is 1. The van der Waals surface area contributed by atoms with E-state index in [1.807, 2.05) is 0 Å². The monoisotopic (exact) mass is 460 g/mol. The molecular weight excluding hydrogens is 444 g/mol. The van der Waals surface area contributed by atoms with Gasteiger partial charge in [-0.1, -0.05) is 22.8 Å². The van der Waals surface area contributed by atoms with Crippen LogP contribution in [-0.2, 0) is 16.6 Å². The molecule has 0 aliphatic heterocycles. The third kappa shape index (κ3) is 3.84. The topological polar surface area (TPSA) is 120 Å². The lowest BCUT2D eigenvalue weighted by Gasteiger charge is -2.11. The Balaban J connectivity index is 1.46. The molecule has 11 heteroatoms. The maximum Gasteiger partial charge on any atom is 0.420 e. The van der Waals surface area contributed by atoms with Crippen molar-refractivity contribution >= 4 is 38.4 Å². The van der Waals surface area contributed by atoms with Gasteiger partial charge in [-0.2, -0.15) is 4.98 Å². The number of benzene rings is 2. The molecule has 4 aromatic rings. The smallest absolute Gasteiger partial charge is 0.408 e. The lowest BCUT2D eigenvalue weighted by molar-refractivity contribution is 0.372. The van der Waals surface area contributed by atoms with Crippen LogP contribution in [0.3, 0.4) is 0 Å². The van der Waals surface area contributed by atoms with Gasteiger partial charge in [-0.05, 0) is 49.6 Å². The average Bonchev–Trinajstić information content (AvgIpc) is 3.39. The molecule has 0 bridgehead atoms. The van der Waals surface area contributed by atoms with E-state index in [9.17, 15) is 13.2 Å². The number of nitrogens with one attached hydrogen (secondary N) is 1. The van der Waals surface area contributed by atoms with Gasteiger partial charge in [0.2, 0.25) is 5.89 Å². The van der Waals surface area contributed by atoms with E-state index in [4.69, 9.17) is 20.5 Å². The van der Waals surface area contributed by atoms with Crippen LogP contribution < -0.4 is 10.5 Å². The second-order valence-corrected chi connectivity index (χ2v) is 9.59. The molecule has 1 fully saturated rings. The molecule has 0 spiro atoms. The van der Waals surface area contributed by atoms with Gasteiger partial charge in [0.25, 0.3) is 10.0 Å². The maximum absolute atomic E-state index is 12.9. The summed E-state index contributed by atoms with van der Waals surface area (Å²) >= 11 is 5.97. The van der Waals surface area contributed by atoms with E-state index < -0.39 is 15.8 Å². The fourth-order valence-electron chi connectivity index (χ4n) is 3.24. The first-order valence-electron chi connectivity index (χ1n) is 9.55. The molecule has 2 heterocycles. The average molecular weight is 461 g/mol. The van der Waals surface area contributed by atoms with E-state index in [0.717, 1.165) is 18.4 Å². The molecule has 160 valence electrons. The van der Waals surface area contributed by atoms with Gasteiger partial charge in [-0.3, -0.25) is 9.29 Å². The largest absolute Gasteiger partial charge is 0.420 e. The molecule has 1 aliphatic rings. The number of halogens is 1. The highest BCUT2D eigenvalue weighted by Gasteiger charge is 2.30. The zero-order valence-corrected chi connectivity index (χ0v) is 17.9. The van der Waals surface area contributed by atoms with E-state index in [-0.39, 0.29) is 17.0 Å². The molecule has 1 N–H and O–H groups in total. The minimum absolute atomic E-state index is 0.0455. The van der Waals surface area contributed by atoms with E-state index in [2.05, 4.69) is 14.9 Å². The van der Waals surface area contributed by atoms with Crippen molar-refractivity contribution in [3.05, 3.63) is 69.3 Å². The van der Waals surface area contributed by atoms with Crippen molar-refractivity contribution in [3.63, 3.8) is 0 Å². The summed E-state index contributed by atoms with van der Waals surface area (Å²) in [5.74, 6) is 0.608. The van der Waals surface area contributed by atoms with Gasteiger partial charge in [0.1, 0.15) is 0 Å². The molecular formula is C20H17ClN4O5S. The summed E-state index contributed by atoms with van der Waals surface area (Å²) in [4.78, 5) is 16.6. The Labute approximate surface area is 181 Å². The molecule has 1 saturated carbocycles. The van der Waals surface area contributed by atoms with E-state index in [1.165, 1.54) is 28.8 Å². The second kappa shape index (κ2) is 7.24. The first-order chi connectivity index (χ1) is 14.8. The van der Waals surface area contributed by atoms with Crippen LogP contribution in [0, 0.1) is 6.92 Å². The zero-order chi connectivity index (χ0) is 21.8. The highest BCUT2D eigenvalue weighted by Crippen LogP contribution is 2.38. The Kier molecular flexibility index (Phi) is 4.63. The van der Waals surface area contributed by atoms with Gasteiger partial charge < -0.3 is 8.94 Å². The van der Waals surface area contributed by atoms with Crippen molar-refractivity contribution in [2.24, 2.45) is 0 Å². The number of oxazole rings is 1. The number of nitrogens with zero attached hydrogens (tertiary/aromatic N) is 3. The van der Waals surface area contributed by atoms with E-state index in [0.29, 0.717) is 33.9 Å². The Morgan fingerprint density at radius 2 is 2.03 bits per heavy atom. The van der Waals surface area contributed by atoms with Gasteiger partial charge in [-0.25, -0.2) is 13.2 Å². The molecule has 2 aromatic carbocycles. The van der Waals surface area contributed by atoms with Crippen molar-refractivity contribution in [2.75, 3.05) is 4.72 Å². The van der Waals surface area contributed by atoms with E-state index in [1.54, 1.807) is 19.1 Å². The Morgan fingerprint density at radius 3 is 2.81 bits per heavy atom. The van der Waals surface area contributed by atoms with Gasteiger partial charge in [0.05, 0.1) is 22.6 Å². The van der Waals surface area contributed by atoms with Gasteiger partial charge >= 0.3 is 5.76 Å². The SMILES string of the molecule is Cc1ccc(Cl)cc1NS(=O)(=O)c1ccc2c(c1)oc(=O)n2Cc1noc(C2CC2)n1. The second-order valence-electron chi connectivity index (χ2n) is 7.47. The first kappa shape index (κ1) is 19.8. The van der Waals surface area contributed by atoms with Crippen LogP contribution in [0.4, 0.5) is 5.69 Å². The number of hydrogen-bond donors (Lipinski definition) is 1. The van der Waals surface area contributed by atoms with Crippen LogP contribution in [0.5, 0.6) is 0 Å². The highest BCUT2D eigenvalue weighted by atomic mass is 35.5. The molecule has 0 saturated heterocycles. The molecule has 31 heavy (non-hydrogen) atoms. The summed E-state index contributed by atoms with van der Waals surface area (Å²) in [6.07, 6.45) is 2.05. The Morgan fingerprint density at radius 1 is 1.23 bits per heavy atom. The number of fused-ring (bicyclic) bond motifs is 1. The number of sulfonamides is 1. The minimum atomic E-state index is -3.93. The predicted octanol–water partition coefficient (Wildman–Crippen LogP) is 3.67. The number of aryl methyl sites for hydroxylation is 1. The van der Waals surface area contributed by atoms with Crippen LogP contribution in [-0.4, -0.2) is 23.1 Å². The lowest BCUT2D eigenvalue weighted by atomic mass is 10.2. The van der Waals surface area contributed by atoms with Crippen molar-refractivity contribution in [1.82, 2.24) is 14.7 Å². The predicted molar refractivity (Wildman–Crippen MR) is 113 cm³/mol. The summed E-state index contributed by atoms with van der Waals surface area (Å²) in [6.45, 7) is 1.83. The van der Waals surface area contributed by atoms with Crippen molar-refractivity contribution in [1.29, 1.82) is 0 Å². The van der Waals surface area contributed by atoms with Crippen LogP contribution in [0.15, 0.2) is 55.0 Å². The van der Waals surface area contributed by atoms with Gasteiger partial charge in [-0.15, -0.1) is 0 Å². The normalized spacial score (nSPS) is 14.3. The fraction of sp³-hybridized carbons (Fsp3) is 0.250. The molecule has 9 nitrogen and oxygen atoms in total. The lowest BCUT2D eigenvalue weighted by Crippen LogP contribution is -2.16. The summed E-state index contributed by atoms with van der Waals surface area (Å²) in [6, 6.07) is 9.15. The van der Waals surface area contributed by atoms with Gasteiger partial charge in [0.15, 0.2) is 11.4 Å². The third-order valence-electron chi connectivity index (χ3n) is 5.10. The van der Waals surface area contributed by atoms with Crippen LogP contribution in [0.25, 0.3) is 11.1 Å². The Hall–Kier alpha value is -3.11. The van der Waals surface area contributed by atoms with Crippen LogP contribution in [0.1, 0.15) is 36.0 Å². The zero-order valence-electron chi connectivity index (χ0n) is 16.3.